The third-order valence-corrected chi connectivity index (χ3v) is 5.47. The van der Waals surface area contributed by atoms with Crippen LogP contribution in [0.2, 0.25) is 19.6 Å². The Labute approximate surface area is 116 Å². The van der Waals surface area contributed by atoms with Crippen molar-refractivity contribution < 1.29 is 4.42 Å². The topological polar surface area (TPSA) is 25.2 Å². The zero-order chi connectivity index (χ0) is 13.9. The van der Waals surface area contributed by atoms with Gasteiger partial charge in [0.15, 0.2) is 0 Å². The van der Waals surface area contributed by atoms with Crippen LogP contribution in [0.1, 0.15) is 24.3 Å². The van der Waals surface area contributed by atoms with E-state index in [1.165, 1.54) is 10.8 Å². The summed E-state index contributed by atoms with van der Waals surface area (Å²) in [5.74, 6) is 0.985. The Bertz CT molecular complexity index is 497. The maximum Gasteiger partial charge on any atom is 0.120 e. The Hall–Kier alpha value is -1.32. The molecule has 0 bridgehead atoms. The molecule has 0 aliphatic heterocycles. The molecular weight excluding hydrogens is 250 g/mol. The van der Waals surface area contributed by atoms with Crippen LogP contribution in [0.5, 0.6) is 0 Å². The number of hydrogen-bond donors (Lipinski definition) is 1. The lowest BCUT2D eigenvalue weighted by molar-refractivity contribution is 0.430. The second kappa shape index (κ2) is 5.76. The largest absolute Gasteiger partial charge is 0.468 e. The van der Waals surface area contributed by atoms with E-state index in [4.69, 9.17) is 4.42 Å². The van der Waals surface area contributed by atoms with Crippen LogP contribution in [0.4, 0.5) is 0 Å². The fourth-order valence-corrected chi connectivity index (χ4v) is 3.20. The molecule has 2 aromatic rings. The third kappa shape index (κ3) is 3.82. The third-order valence-electron chi connectivity index (χ3n) is 3.40. The summed E-state index contributed by atoms with van der Waals surface area (Å²) in [6.07, 6.45) is 1.72. The molecule has 0 unspecified atom stereocenters. The first-order valence-corrected chi connectivity index (χ1v) is 10.3. The molecule has 0 radical (unpaired) electrons. The van der Waals surface area contributed by atoms with E-state index in [2.05, 4.69) is 56.1 Å². The Morgan fingerprint density at radius 2 is 1.79 bits per heavy atom. The molecule has 0 fully saturated rings. The van der Waals surface area contributed by atoms with Crippen LogP contribution in [0.3, 0.4) is 0 Å². The summed E-state index contributed by atoms with van der Waals surface area (Å²) in [6, 6.07) is 13.2. The van der Waals surface area contributed by atoms with Gasteiger partial charge in [-0.1, -0.05) is 49.1 Å². The molecule has 0 saturated carbocycles. The van der Waals surface area contributed by atoms with Gasteiger partial charge in [-0.05, 0) is 24.6 Å². The molecule has 1 atom stereocenters. The highest BCUT2D eigenvalue weighted by Crippen LogP contribution is 2.13. The first-order chi connectivity index (χ1) is 8.97. The van der Waals surface area contributed by atoms with E-state index < -0.39 is 8.07 Å². The predicted octanol–water partition coefficient (Wildman–Crippen LogP) is 3.68. The zero-order valence-corrected chi connectivity index (χ0v) is 13.2. The molecule has 1 N–H and O–H groups in total. The van der Waals surface area contributed by atoms with E-state index in [9.17, 15) is 0 Å². The van der Waals surface area contributed by atoms with Gasteiger partial charge >= 0.3 is 0 Å². The fourth-order valence-electron chi connectivity index (χ4n) is 2.03. The van der Waals surface area contributed by atoms with Gasteiger partial charge in [-0.2, -0.15) is 0 Å². The molecule has 3 heteroatoms. The minimum Gasteiger partial charge on any atom is -0.468 e. The number of rotatable bonds is 5. The summed E-state index contributed by atoms with van der Waals surface area (Å²) in [6.45, 7) is 10.1. The van der Waals surface area contributed by atoms with E-state index in [0.29, 0.717) is 0 Å². The van der Waals surface area contributed by atoms with E-state index in [0.717, 1.165) is 12.3 Å². The van der Waals surface area contributed by atoms with Crippen molar-refractivity contribution in [3.63, 3.8) is 0 Å². The molecular formula is C16H23NOSi. The van der Waals surface area contributed by atoms with E-state index in [-0.39, 0.29) is 6.04 Å². The SMILES string of the molecule is C[C@H](NCc1ccc([Si](C)(C)C)cc1)c1ccco1. The lowest BCUT2D eigenvalue weighted by atomic mass is 10.2. The summed E-state index contributed by atoms with van der Waals surface area (Å²) in [5, 5.41) is 4.99. The fraction of sp³-hybridized carbons (Fsp3) is 0.375. The van der Waals surface area contributed by atoms with Crippen LogP contribution in [0.25, 0.3) is 0 Å². The number of nitrogens with one attached hydrogen (secondary N) is 1. The molecule has 2 rings (SSSR count). The van der Waals surface area contributed by atoms with Gasteiger partial charge in [-0.25, -0.2) is 0 Å². The van der Waals surface area contributed by atoms with Gasteiger partial charge in [0.05, 0.1) is 20.4 Å². The molecule has 19 heavy (non-hydrogen) atoms. The van der Waals surface area contributed by atoms with Crippen LogP contribution in [-0.2, 0) is 6.54 Å². The van der Waals surface area contributed by atoms with Crippen LogP contribution in [-0.4, -0.2) is 8.07 Å². The van der Waals surface area contributed by atoms with Crippen molar-refractivity contribution in [2.24, 2.45) is 0 Å². The minimum atomic E-state index is -1.18. The van der Waals surface area contributed by atoms with Crippen molar-refractivity contribution in [2.75, 3.05) is 0 Å². The molecule has 2 nitrogen and oxygen atoms in total. The van der Waals surface area contributed by atoms with Crippen LogP contribution < -0.4 is 10.5 Å². The van der Waals surface area contributed by atoms with Gasteiger partial charge in [0.25, 0.3) is 0 Å². The highest BCUT2D eigenvalue weighted by atomic mass is 28.3. The highest BCUT2D eigenvalue weighted by Gasteiger charge is 2.15. The molecule has 0 saturated heterocycles. The number of furan rings is 1. The molecule has 1 heterocycles. The van der Waals surface area contributed by atoms with Crippen molar-refractivity contribution in [2.45, 2.75) is 39.2 Å². The normalized spacial score (nSPS) is 13.5. The second-order valence-corrected chi connectivity index (χ2v) is 11.1. The summed E-state index contributed by atoms with van der Waals surface area (Å²) >= 11 is 0. The quantitative estimate of drug-likeness (QED) is 0.841. The summed E-state index contributed by atoms with van der Waals surface area (Å²) in [7, 11) is -1.18. The predicted molar refractivity (Wildman–Crippen MR) is 83.4 cm³/mol. The maximum atomic E-state index is 5.39. The van der Waals surface area contributed by atoms with E-state index in [1.54, 1.807) is 6.26 Å². The summed E-state index contributed by atoms with van der Waals surface area (Å²) < 4.78 is 5.39. The average Bonchev–Trinajstić information content (AvgIpc) is 2.89. The molecule has 0 aliphatic carbocycles. The molecule has 1 aromatic carbocycles. The first kappa shape index (κ1) is 14.1. The van der Waals surface area contributed by atoms with E-state index >= 15 is 0 Å². The smallest absolute Gasteiger partial charge is 0.120 e. The standard InChI is InChI=1S/C16H23NOSi/c1-13(16-6-5-11-18-16)17-12-14-7-9-15(10-8-14)19(2,3)4/h5-11,13,17H,12H2,1-4H3/t13-/m0/s1. The van der Waals surface area contributed by atoms with Crippen LogP contribution in [0.15, 0.2) is 47.1 Å². The molecule has 102 valence electrons. The van der Waals surface area contributed by atoms with Gasteiger partial charge < -0.3 is 9.73 Å². The summed E-state index contributed by atoms with van der Waals surface area (Å²) in [4.78, 5) is 0. The van der Waals surface area contributed by atoms with Crippen LogP contribution in [0, 0.1) is 0 Å². The Balaban J connectivity index is 1.93. The first-order valence-electron chi connectivity index (χ1n) is 6.83. The monoisotopic (exact) mass is 273 g/mol. The number of benzene rings is 1. The van der Waals surface area contributed by atoms with Crippen molar-refractivity contribution >= 4 is 13.3 Å². The zero-order valence-electron chi connectivity index (χ0n) is 12.2. The molecule has 0 aliphatic rings. The maximum absolute atomic E-state index is 5.39. The Kier molecular flexibility index (Phi) is 4.27. The van der Waals surface area contributed by atoms with Crippen molar-refractivity contribution in [3.05, 3.63) is 54.0 Å². The van der Waals surface area contributed by atoms with Gasteiger partial charge in [0.2, 0.25) is 0 Å². The lowest BCUT2D eigenvalue weighted by Crippen LogP contribution is -2.37. The highest BCUT2D eigenvalue weighted by molar-refractivity contribution is 6.88. The van der Waals surface area contributed by atoms with E-state index in [1.807, 2.05) is 12.1 Å². The lowest BCUT2D eigenvalue weighted by Gasteiger charge is -2.17. The second-order valence-electron chi connectivity index (χ2n) is 6.06. The molecule has 1 aromatic heterocycles. The summed E-state index contributed by atoms with van der Waals surface area (Å²) in [5.41, 5.74) is 1.32. The van der Waals surface area contributed by atoms with Gasteiger partial charge in [-0.3, -0.25) is 0 Å². The Morgan fingerprint density at radius 1 is 1.11 bits per heavy atom. The van der Waals surface area contributed by atoms with Crippen LogP contribution >= 0.6 is 0 Å². The average molecular weight is 273 g/mol. The van der Waals surface area contributed by atoms with Crippen molar-refractivity contribution in [1.82, 2.24) is 5.32 Å². The number of hydrogen-bond acceptors (Lipinski definition) is 2. The minimum absolute atomic E-state index is 0.242. The Morgan fingerprint density at radius 3 is 2.32 bits per heavy atom. The van der Waals surface area contributed by atoms with Crippen molar-refractivity contribution in [1.29, 1.82) is 0 Å². The van der Waals surface area contributed by atoms with Gasteiger partial charge in [0, 0.05) is 6.54 Å². The molecule has 0 amide bonds. The van der Waals surface area contributed by atoms with Gasteiger partial charge in [0.1, 0.15) is 5.76 Å². The molecule has 0 spiro atoms. The van der Waals surface area contributed by atoms with Crippen molar-refractivity contribution in [3.8, 4) is 0 Å². The van der Waals surface area contributed by atoms with Gasteiger partial charge in [-0.15, -0.1) is 0 Å².